The maximum absolute atomic E-state index is 14.5. The topological polar surface area (TPSA) is 73.0 Å². The van der Waals surface area contributed by atoms with Gasteiger partial charge in [-0.2, -0.15) is 0 Å². The second kappa shape index (κ2) is 10.2. The summed E-state index contributed by atoms with van der Waals surface area (Å²) in [6, 6.07) is 11.7. The summed E-state index contributed by atoms with van der Waals surface area (Å²) >= 11 is 3.46. The number of nitrogens with one attached hydrogen (secondary N) is 1. The van der Waals surface area contributed by atoms with E-state index in [1.165, 1.54) is 6.07 Å². The van der Waals surface area contributed by atoms with Crippen molar-refractivity contribution in [2.75, 3.05) is 31.7 Å². The number of nitrogens with zero attached hydrogens (tertiary/aromatic N) is 3. The van der Waals surface area contributed by atoms with Crippen molar-refractivity contribution in [2.45, 2.75) is 45.2 Å². The molecule has 0 radical (unpaired) electrons. The number of rotatable bonds is 5. The molecule has 2 saturated heterocycles. The predicted octanol–water partition coefficient (Wildman–Crippen LogP) is 3.95. The minimum atomic E-state index is -0.795. The second-order valence-corrected chi connectivity index (χ2v) is 11.0. The lowest BCUT2D eigenvalue weighted by Crippen LogP contribution is -2.60. The molecule has 0 bridgehead atoms. The van der Waals surface area contributed by atoms with Crippen LogP contribution in [0.2, 0.25) is 0 Å². The van der Waals surface area contributed by atoms with Gasteiger partial charge in [-0.05, 0) is 61.6 Å². The molecule has 2 aliphatic heterocycles. The largest absolute Gasteiger partial charge is 0.341 e. The van der Waals surface area contributed by atoms with Crippen LogP contribution < -0.4 is 10.2 Å². The smallest absolute Gasteiger partial charge is 0.254 e. The third kappa shape index (κ3) is 4.73. The van der Waals surface area contributed by atoms with Crippen molar-refractivity contribution in [1.82, 2.24) is 15.1 Å². The van der Waals surface area contributed by atoms with E-state index < -0.39 is 23.3 Å². The van der Waals surface area contributed by atoms with E-state index in [-0.39, 0.29) is 23.3 Å². The first kappa shape index (κ1) is 26.1. The molecule has 0 aromatic heterocycles. The number of likely N-dealkylation sites (N-methyl/N-ethyl adjacent to an activating group) is 1. The molecule has 1 N–H and O–H groups in total. The van der Waals surface area contributed by atoms with Crippen LogP contribution in [0.15, 0.2) is 46.9 Å². The first-order valence-electron chi connectivity index (χ1n) is 12.2. The van der Waals surface area contributed by atoms with Crippen molar-refractivity contribution in [3.05, 3.63) is 63.9 Å². The zero-order valence-electron chi connectivity index (χ0n) is 21.1. The number of anilines is 1. The van der Waals surface area contributed by atoms with Gasteiger partial charge in [0.25, 0.3) is 5.91 Å². The SMILES string of the molecule is Cc1cccc(C(=O)N[C@@H](C(=O)N2CCC3(CC2)C(=O)N(C)CN3c2ccc(Br)cc2)C(C)C)c1F. The van der Waals surface area contributed by atoms with Gasteiger partial charge in [0, 0.05) is 30.3 Å². The molecule has 2 aromatic carbocycles. The highest BCUT2D eigenvalue weighted by atomic mass is 79.9. The number of piperidine rings is 1. The van der Waals surface area contributed by atoms with E-state index in [0.717, 1.165) is 10.2 Å². The fourth-order valence-corrected chi connectivity index (χ4v) is 5.43. The van der Waals surface area contributed by atoms with E-state index in [1.54, 1.807) is 35.9 Å². The molecule has 7 nitrogen and oxygen atoms in total. The highest BCUT2D eigenvalue weighted by molar-refractivity contribution is 9.10. The number of hydrogen-bond acceptors (Lipinski definition) is 4. The van der Waals surface area contributed by atoms with Crippen LogP contribution in [0.4, 0.5) is 10.1 Å². The Labute approximate surface area is 219 Å². The summed E-state index contributed by atoms with van der Waals surface area (Å²) in [7, 11) is 1.80. The fraction of sp³-hybridized carbons (Fsp3) is 0.444. The van der Waals surface area contributed by atoms with Gasteiger partial charge in [-0.1, -0.05) is 41.9 Å². The highest BCUT2D eigenvalue weighted by Crippen LogP contribution is 2.39. The molecular formula is C27H32BrFN4O3. The molecule has 2 fully saturated rings. The Morgan fingerprint density at radius 2 is 1.72 bits per heavy atom. The Bertz CT molecular complexity index is 1160. The van der Waals surface area contributed by atoms with Crippen LogP contribution >= 0.6 is 15.9 Å². The Morgan fingerprint density at radius 1 is 1.08 bits per heavy atom. The summed E-state index contributed by atoms with van der Waals surface area (Å²) in [6.07, 6.45) is 0.979. The molecule has 2 aliphatic rings. The normalized spacial score (nSPS) is 18.2. The minimum absolute atomic E-state index is 0.0566. The average Bonchev–Trinajstić information content (AvgIpc) is 3.09. The van der Waals surface area contributed by atoms with E-state index in [2.05, 4.69) is 26.1 Å². The van der Waals surface area contributed by atoms with Gasteiger partial charge in [0.2, 0.25) is 11.8 Å². The summed E-state index contributed by atoms with van der Waals surface area (Å²) in [4.78, 5) is 45.2. The van der Waals surface area contributed by atoms with Gasteiger partial charge in [0.15, 0.2) is 0 Å². The first-order valence-corrected chi connectivity index (χ1v) is 13.0. The van der Waals surface area contributed by atoms with Crippen molar-refractivity contribution in [3.8, 4) is 0 Å². The molecule has 0 unspecified atom stereocenters. The molecule has 36 heavy (non-hydrogen) atoms. The minimum Gasteiger partial charge on any atom is -0.341 e. The molecule has 1 atom stereocenters. The molecule has 0 aliphatic carbocycles. The van der Waals surface area contributed by atoms with Crippen LogP contribution in [0.5, 0.6) is 0 Å². The van der Waals surface area contributed by atoms with Crippen molar-refractivity contribution >= 4 is 39.3 Å². The number of halogens is 2. The average molecular weight is 559 g/mol. The van der Waals surface area contributed by atoms with Crippen LogP contribution in [0.3, 0.4) is 0 Å². The number of amides is 3. The zero-order chi connectivity index (χ0) is 26.2. The van der Waals surface area contributed by atoms with Crippen molar-refractivity contribution in [2.24, 2.45) is 5.92 Å². The van der Waals surface area contributed by atoms with Gasteiger partial charge in [0.05, 0.1) is 12.2 Å². The first-order chi connectivity index (χ1) is 17.0. The third-order valence-electron chi connectivity index (χ3n) is 7.31. The Balaban J connectivity index is 1.49. The summed E-state index contributed by atoms with van der Waals surface area (Å²) in [5.74, 6) is -1.53. The molecule has 2 heterocycles. The summed E-state index contributed by atoms with van der Waals surface area (Å²) < 4.78 is 15.5. The molecular weight excluding hydrogens is 527 g/mol. The number of likely N-dealkylation sites (tertiary alicyclic amines) is 1. The second-order valence-electron chi connectivity index (χ2n) is 10.0. The summed E-state index contributed by atoms with van der Waals surface area (Å²) in [6.45, 7) is 6.57. The van der Waals surface area contributed by atoms with Crippen molar-refractivity contribution < 1.29 is 18.8 Å². The Hall–Kier alpha value is -2.94. The molecule has 4 rings (SSSR count). The maximum Gasteiger partial charge on any atom is 0.254 e. The van der Waals surface area contributed by atoms with Crippen LogP contribution in [-0.2, 0) is 9.59 Å². The maximum atomic E-state index is 14.5. The van der Waals surface area contributed by atoms with Crippen molar-refractivity contribution in [3.63, 3.8) is 0 Å². The lowest BCUT2D eigenvalue weighted by molar-refractivity contribution is -0.139. The van der Waals surface area contributed by atoms with E-state index in [9.17, 15) is 18.8 Å². The number of aryl methyl sites for hydroxylation is 1. The number of carbonyl (C=O) groups is 3. The molecule has 9 heteroatoms. The van der Waals surface area contributed by atoms with Crippen LogP contribution in [-0.4, -0.2) is 65.9 Å². The number of carbonyl (C=O) groups excluding carboxylic acids is 3. The van der Waals surface area contributed by atoms with Gasteiger partial charge in [-0.25, -0.2) is 4.39 Å². The van der Waals surface area contributed by atoms with Crippen LogP contribution in [0.25, 0.3) is 0 Å². The van der Waals surface area contributed by atoms with Gasteiger partial charge in [0.1, 0.15) is 17.4 Å². The molecule has 1 spiro atoms. The van der Waals surface area contributed by atoms with Crippen LogP contribution in [0.1, 0.15) is 42.6 Å². The lowest BCUT2D eigenvalue weighted by Gasteiger charge is -2.44. The van der Waals surface area contributed by atoms with Gasteiger partial charge in [-0.3, -0.25) is 14.4 Å². The molecule has 2 aromatic rings. The van der Waals surface area contributed by atoms with Gasteiger partial charge in [-0.15, -0.1) is 0 Å². The lowest BCUT2D eigenvalue weighted by atomic mass is 9.85. The molecule has 3 amide bonds. The fourth-order valence-electron chi connectivity index (χ4n) is 5.17. The zero-order valence-corrected chi connectivity index (χ0v) is 22.6. The predicted molar refractivity (Wildman–Crippen MR) is 140 cm³/mol. The summed E-state index contributed by atoms with van der Waals surface area (Å²) in [5.41, 5.74) is 0.553. The van der Waals surface area contributed by atoms with E-state index in [0.29, 0.717) is 38.2 Å². The monoisotopic (exact) mass is 558 g/mol. The Morgan fingerprint density at radius 3 is 2.33 bits per heavy atom. The number of hydrogen-bond donors (Lipinski definition) is 1. The van der Waals surface area contributed by atoms with E-state index >= 15 is 0 Å². The Kier molecular flexibility index (Phi) is 7.41. The quantitative estimate of drug-likeness (QED) is 0.603. The third-order valence-corrected chi connectivity index (χ3v) is 7.84. The van der Waals surface area contributed by atoms with E-state index in [4.69, 9.17) is 0 Å². The number of benzene rings is 2. The van der Waals surface area contributed by atoms with E-state index in [1.807, 2.05) is 38.1 Å². The van der Waals surface area contributed by atoms with Gasteiger partial charge >= 0.3 is 0 Å². The standard InChI is InChI=1S/C27H32BrFN4O3/c1-17(2)23(30-24(34)21-7-5-6-18(3)22(21)29)25(35)32-14-12-27(13-15-32)26(36)31(4)16-33(27)20-10-8-19(28)9-11-20/h5-11,17,23H,12-16H2,1-4H3,(H,30,34)/t23-/m1/s1. The molecule has 192 valence electrons. The summed E-state index contributed by atoms with van der Waals surface area (Å²) in [5, 5.41) is 2.75. The van der Waals surface area contributed by atoms with Crippen molar-refractivity contribution in [1.29, 1.82) is 0 Å². The van der Waals surface area contributed by atoms with Gasteiger partial charge < -0.3 is 20.0 Å². The van der Waals surface area contributed by atoms with Crippen LogP contribution in [0, 0.1) is 18.7 Å². The highest BCUT2D eigenvalue weighted by Gasteiger charge is 2.53. The molecule has 0 saturated carbocycles.